The van der Waals surface area contributed by atoms with E-state index in [9.17, 15) is 13.2 Å². The third-order valence-corrected chi connectivity index (χ3v) is 2.88. The van der Waals surface area contributed by atoms with Gasteiger partial charge in [0, 0.05) is 6.04 Å². The third kappa shape index (κ3) is 2.76. The van der Waals surface area contributed by atoms with Crippen molar-refractivity contribution in [2.75, 3.05) is 0 Å². The molecule has 0 fully saturated rings. The average Bonchev–Trinajstić information content (AvgIpc) is 2.26. The Morgan fingerprint density at radius 2 is 1.81 bits per heavy atom. The van der Waals surface area contributed by atoms with Crippen LogP contribution in [0.15, 0.2) is 24.3 Å². The Morgan fingerprint density at radius 1 is 1.25 bits per heavy atom. The summed E-state index contributed by atoms with van der Waals surface area (Å²) in [7, 11) is 0. The first-order valence-corrected chi connectivity index (χ1v) is 5.29. The summed E-state index contributed by atoms with van der Waals surface area (Å²) in [5.74, 6) is 0.0310. The molecule has 0 saturated carbocycles. The Morgan fingerprint density at radius 3 is 2.31 bits per heavy atom. The van der Waals surface area contributed by atoms with Crippen LogP contribution in [0.2, 0.25) is 0 Å². The first-order chi connectivity index (χ1) is 7.38. The highest BCUT2D eigenvalue weighted by atomic mass is 19.4. The van der Waals surface area contributed by atoms with E-state index in [1.165, 1.54) is 12.1 Å². The molecule has 0 aliphatic heterocycles. The van der Waals surface area contributed by atoms with Crippen LogP contribution in [-0.2, 0) is 6.18 Å². The van der Waals surface area contributed by atoms with Crippen LogP contribution in [0.5, 0.6) is 0 Å². The molecule has 90 valence electrons. The Balaban J connectivity index is 3.13. The molecule has 2 N–H and O–H groups in total. The molecule has 1 unspecified atom stereocenters. The largest absolute Gasteiger partial charge is 0.416 e. The van der Waals surface area contributed by atoms with Crippen molar-refractivity contribution in [1.29, 1.82) is 0 Å². The molecule has 0 spiro atoms. The zero-order valence-corrected chi connectivity index (χ0v) is 9.38. The van der Waals surface area contributed by atoms with Crippen molar-refractivity contribution in [1.82, 2.24) is 0 Å². The van der Waals surface area contributed by atoms with Crippen LogP contribution in [0, 0.1) is 5.92 Å². The predicted octanol–water partition coefficient (Wildman–Crippen LogP) is 3.75. The van der Waals surface area contributed by atoms with E-state index in [1.807, 2.05) is 13.8 Å². The van der Waals surface area contributed by atoms with E-state index in [4.69, 9.17) is 5.73 Å². The molecule has 0 bridgehead atoms. The van der Waals surface area contributed by atoms with E-state index in [0.29, 0.717) is 0 Å². The molecule has 1 rings (SSSR count). The van der Waals surface area contributed by atoms with Gasteiger partial charge in [-0.3, -0.25) is 0 Å². The van der Waals surface area contributed by atoms with Crippen molar-refractivity contribution < 1.29 is 13.2 Å². The van der Waals surface area contributed by atoms with Crippen molar-refractivity contribution in [3.63, 3.8) is 0 Å². The minimum atomic E-state index is -4.33. The normalized spacial score (nSPS) is 15.9. The highest BCUT2D eigenvalue weighted by Crippen LogP contribution is 2.36. The third-order valence-electron chi connectivity index (χ3n) is 2.88. The van der Waals surface area contributed by atoms with Crippen LogP contribution in [0.1, 0.15) is 37.4 Å². The quantitative estimate of drug-likeness (QED) is 0.842. The molecule has 1 nitrogen and oxygen atoms in total. The van der Waals surface area contributed by atoms with Gasteiger partial charge in [0.2, 0.25) is 0 Å². The van der Waals surface area contributed by atoms with Gasteiger partial charge >= 0.3 is 6.18 Å². The molecule has 16 heavy (non-hydrogen) atoms. The van der Waals surface area contributed by atoms with E-state index in [1.54, 1.807) is 6.07 Å². The van der Waals surface area contributed by atoms with Gasteiger partial charge in [0.15, 0.2) is 0 Å². The topological polar surface area (TPSA) is 26.0 Å². The minimum Gasteiger partial charge on any atom is -0.324 e. The van der Waals surface area contributed by atoms with Gasteiger partial charge in [-0.05, 0) is 17.5 Å². The SMILES string of the molecule is CCC(C)[C@H](N)c1ccccc1C(F)(F)F. The van der Waals surface area contributed by atoms with Crippen LogP contribution in [0.3, 0.4) is 0 Å². The highest BCUT2D eigenvalue weighted by molar-refractivity contribution is 5.32. The van der Waals surface area contributed by atoms with Crippen LogP contribution < -0.4 is 5.73 Å². The smallest absolute Gasteiger partial charge is 0.324 e. The molecule has 0 heterocycles. The Hall–Kier alpha value is -1.03. The van der Waals surface area contributed by atoms with Gasteiger partial charge in [-0.1, -0.05) is 38.5 Å². The van der Waals surface area contributed by atoms with Gasteiger partial charge in [-0.2, -0.15) is 13.2 Å². The summed E-state index contributed by atoms with van der Waals surface area (Å²) >= 11 is 0. The maximum atomic E-state index is 12.7. The summed E-state index contributed by atoms with van der Waals surface area (Å²) in [5, 5.41) is 0. The van der Waals surface area contributed by atoms with Gasteiger partial charge in [-0.25, -0.2) is 0 Å². The van der Waals surface area contributed by atoms with Crippen LogP contribution in [0.25, 0.3) is 0 Å². The maximum absolute atomic E-state index is 12.7. The summed E-state index contributed by atoms with van der Waals surface area (Å²) in [6.07, 6.45) is -3.57. The second-order valence-corrected chi connectivity index (χ2v) is 4.00. The van der Waals surface area contributed by atoms with Crippen molar-refractivity contribution >= 4 is 0 Å². The number of alkyl halides is 3. The Labute approximate surface area is 93.5 Å². The van der Waals surface area contributed by atoms with E-state index < -0.39 is 17.8 Å². The van der Waals surface area contributed by atoms with Gasteiger partial charge < -0.3 is 5.73 Å². The highest BCUT2D eigenvalue weighted by Gasteiger charge is 2.34. The summed E-state index contributed by atoms with van der Waals surface area (Å²) in [4.78, 5) is 0. The molecular weight excluding hydrogens is 215 g/mol. The molecule has 0 aliphatic rings. The molecule has 1 aromatic carbocycles. The second-order valence-electron chi connectivity index (χ2n) is 4.00. The van der Waals surface area contributed by atoms with E-state index in [0.717, 1.165) is 12.5 Å². The lowest BCUT2D eigenvalue weighted by atomic mass is 9.90. The van der Waals surface area contributed by atoms with Crippen molar-refractivity contribution in [3.05, 3.63) is 35.4 Å². The van der Waals surface area contributed by atoms with Gasteiger partial charge in [-0.15, -0.1) is 0 Å². The van der Waals surface area contributed by atoms with E-state index >= 15 is 0 Å². The maximum Gasteiger partial charge on any atom is 0.416 e. The Kier molecular flexibility index (Phi) is 3.97. The zero-order chi connectivity index (χ0) is 12.3. The summed E-state index contributed by atoms with van der Waals surface area (Å²) in [6.45, 7) is 3.78. The average molecular weight is 231 g/mol. The van der Waals surface area contributed by atoms with E-state index in [-0.39, 0.29) is 11.5 Å². The van der Waals surface area contributed by atoms with E-state index in [2.05, 4.69) is 0 Å². The number of rotatable bonds is 3. The fourth-order valence-electron chi connectivity index (χ4n) is 1.61. The molecule has 0 amide bonds. The van der Waals surface area contributed by atoms with Crippen LogP contribution in [-0.4, -0.2) is 0 Å². The van der Waals surface area contributed by atoms with Crippen molar-refractivity contribution in [3.8, 4) is 0 Å². The van der Waals surface area contributed by atoms with Crippen LogP contribution >= 0.6 is 0 Å². The number of hydrogen-bond donors (Lipinski definition) is 1. The van der Waals surface area contributed by atoms with Crippen molar-refractivity contribution in [2.24, 2.45) is 11.7 Å². The fourth-order valence-corrected chi connectivity index (χ4v) is 1.61. The van der Waals surface area contributed by atoms with Gasteiger partial charge in [0.1, 0.15) is 0 Å². The molecule has 0 saturated heterocycles. The predicted molar refractivity (Wildman–Crippen MR) is 57.8 cm³/mol. The Bertz CT molecular complexity index is 346. The zero-order valence-electron chi connectivity index (χ0n) is 9.38. The number of hydrogen-bond acceptors (Lipinski definition) is 1. The molecular formula is C12H16F3N. The number of halogens is 3. The van der Waals surface area contributed by atoms with Crippen molar-refractivity contribution in [2.45, 2.75) is 32.5 Å². The number of nitrogens with two attached hydrogens (primary N) is 1. The summed E-state index contributed by atoms with van der Waals surface area (Å²) in [6, 6.07) is 4.95. The second kappa shape index (κ2) is 4.87. The summed E-state index contributed by atoms with van der Waals surface area (Å²) < 4.78 is 38.2. The first-order valence-electron chi connectivity index (χ1n) is 5.29. The monoisotopic (exact) mass is 231 g/mol. The lowest BCUT2D eigenvalue weighted by molar-refractivity contribution is -0.138. The molecule has 0 aromatic heterocycles. The summed E-state index contributed by atoms with van der Waals surface area (Å²) in [5.41, 5.74) is 5.41. The van der Waals surface area contributed by atoms with Gasteiger partial charge in [0.25, 0.3) is 0 Å². The van der Waals surface area contributed by atoms with Gasteiger partial charge in [0.05, 0.1) is 5.56 Å². The molecule has 0 radical (unpaired) electrons. The molecule has 2 atom stereocenters. The van der Waals surface area contributed by atoms with Crippen LogP contribution in [0.4, 0.5) is 13.2 Å². The standard InChI is InChI=1S/C12H16F3N/c1-3-8(2)11(16)9-6-4-5-7-10(9)12(13,14)15/h4-8,11H,3,16H2,1-2H3/t8?,11-/m0/s1. The number of benzene rings is 1. The fraction of sp³-hybridized carbons (Fsp3) is 0.500. The lowest BCUT2D eigenvalue weighted by Crippen LogP contribution is -2.22. The lowest BCUT2D eigenvalue weighted by Gasteiger charge is -2.22. The molecule has 1 aromatic rings. The molecule has 0 aliphatic carbocycles. The minimum absolute atomic E-state index is 0.0310. The first kappa shape index (κ1) is 13.0. The molecule has 4 heteroatoms.